The standard InChI is InChI=1S/C35H43N5O3S/c1-21-27(24-10-11-25-20-40(16-12-23(25)19-24)33-38-26-9-8-15-36-31(26)44-33)29(39-17-13-35(6,7)14-18-39)28(22(2)37-21)30(32(41)42)43-34(3,4)5/h8-11,15,19,30H,12-14,16-18,20H2,1-7H3,(H,41,42)/t30-/m0/s1. The third kappa shape index (κ3) is 6.04. The first-order chi connectivity index (χ1) is 20.8. The second kappa shape index (κ2) is 11.4. The first-order valence-corrected chi connectivity index (χ1v) is 16.4. The van der Waals surface area contributed by atoms with Gasteiger partial charge in [0.15, 0.2) is 11.2 Å². The molecule has 0 spiro atoms. The zero-order chi connectivity index (χ0) is 31.4. The first-order valence-electron chi connectivity index (χ1n) is 15.5. The van der Waals surface area contributed by atoms with Crippen LogP contribution >= 0.6 is 11.3 Å². The van der Waals surface area contributed by atoms with Crippen LogP contribution in [0.1, 0.15) is 81.6 Å². The summed E-state index contributed by atoms with van der Waals surface area (Å²) in [5.41, 5.74) is 8.48. The van der Waals surface area contributed by atoms with Gasteiger partial charge in [0, 0.05) is 54.9 Å². The van der Waals surface area contributed by atoms with Gasteiger partial charge in [-0.25, -0.2) is 14.8 Å². The molecule has 0 amide bonds. The predicted octanol–water partition coefficient (Wildman–Crippen LogP) is 7.50. The molecule has 3 aromatic heterocycles. The van der Waals surface area contributed by atoms with Crippen molar-refractivity contribution in [2.45, 2.75) is 86.0 Å². The van der Waals surface area contributed by atoms with Gasteiger partial charge in [-0.15, -0.1) is 0 Å². The molecule has 9 heteroatoms. The summed E-state index contributed by atoms with van der Waals surface area (Å²) in [7, 11) is 0. The minimum atomic E-state index is -1.12. The fraction of sp³-hybridized carbons (Fsp3) is 0.486. The third-order valence-electron chi connectivity index (χ3n) is 8.90. The Morgan fingerprint density at radius 2 is 1.77 bits per heavy atom. The maximum atomic E-state index is 12.8. The fourth-order valence-electron chi connectivity index (χ4n) is 6.52. The molecule has 1 aromatic carbocycles. The lowest BCUT2D eigenvalue weighted by Crippen LogP contribution is -2.39. The number of hydrogen-bond acceptors (Lipinski definition) is 8. The van der Waals surface area contributed by atoms with Crippen LogP contribution in [0.5, 0.6) is 0 Å². The van der Waals surface area contributed by atoms with E-state index in [0.717, 1.165) is 83.4 Å². The van der Waals surface area contributed by atoms with Crippen LogP contribution in [0.3, 0.4) is 0 Å². The van der Waals surface area contributed by atoms with E-state index >= 15 is 0 Å². The molecule has 1 atom stereocenters. The number of rotatable bonds is 6. The summed E-state index contributed by atoms with van der Waals surface area (Å²) in [6, 6.07) is 10.7. The summed E-state index contributed by atoms with van der Waals surface area (Å²) in [5.74, 6) is -0.992. The van der Waals surface area contributed by atoms with Gasteiger partial charge in [-0.2, -0.15) is 0 Å². The zero-order valence-electron chi connectivity index (χ0n) is 26.9. The van der Waals surface area contributed by atoms with Crippen LogP contribution in [-0.4, -0.2) is 51.3 Å². The van der Waals surface area contributed by atoms with Crippen LogP contribution < -0.4 is 9.80 Å². The maximum Gasteiger partial charge on any atom is 0.337 e. The molecule has 44 heavy (non-hydrogen) atoms. The molecule has 0 bridgehead atoms. The Balaban J connectivity index is 1.43. The number of carboxylic acids is 1. The van der Waals surface area contributed by atoms with E-state index in [9.17, 15) is 9.90 Å². The summed E-state index contributed by atoms with van der Waals surface area (Å²) in [6.07, 6.45) is 3.66. The van der Waals surface area contributed by atoms with Crippen molar-refractivity contribution in [3.63, 3.8) is 0 Å². The molecule has 1 fully saturated rings. The van der Waals surface area contributed by atoms with Gasteiger partial charge in [0.1, 0.15) is 10.3 Å². The molecule has 0 saturated carbocycles. The molecule has 8 nitrogen and oxygen atoms in total. The Bertz CT molecular complexity index is 1680. The number of hydrogen-bond donors (Lipinski definition) is 1. The van der Waals surface area contributed by atoms with Gasteiger partial charge in [-0.3, -0.25) is 4.98 Å². The van der Waals surface area contributed by atoms with Gasteiger partial charge in [-0.05, 0) is 88.1 Å². The minimum absolute atomic E-state index is 0.249. The fourth-order valence-corrected chi connectivity index (χ4v) is 7.45. The van der Waals surface area contributed by atoms with Crippen LogP contribution in [0.4, 0.5) is 10.8 Å². The average Bonchev–Trinajstić information content (AvgIpc) is 3.39. The molecule has 0 radical (unpaired) electrons. The monoisotopic (exact) mass is 613 g/mol. The second-order valence-electron chi connectivity index (χ2n) is 14.0. The van der Waals surface area contributed by atoms with Crippen molar-refractivity contribution in [1.82, 2.24) is 15.0 Å². The summed E-state index contributed by atoms with van der Waals surface area (Å²) in [4.78, 5) is 32.8. The largest absolute Gasteiger partial charge is 0.479 e. The SMILES string of the molecule is Cc1nc(C)c([C@H](OC(C)(C)C)C(=O)O)c(N2CCC(C)(C)CC2)c1-c1ccc2c(c1)CCN(c1nc3cccnc3s1)C2. The summed E-state index contributed by atoms with van der Waals surface area (Å²) in [6.45, 7) is 17.7. The highest BCUT2D eigenvalue weighted by Gasteiger charge is 2.36. The number of ether oxygens (including phenoxy) is 1. The van der Waals surface area contributed by atoms with E-state index < -0.39 is 17.7 Å². The van der Waals surface area contributed by atoms with Crippen molar-refractivity contribution >= 4 is 38.5 Å². The number of aliphatic carboxylic acids is 1. The Kier molecular flexibility index (Phi) is 7.91. The molecule has 1 saturated heterocycles. The molecule has 1 N–H and O–H groups in total. The number of aromatic nitrogens is 3. The van der Waals surface area contributed by atoms with Gasteiger partial charge in [0.05, 0.1) is 11.3 Å². The van der Waals surface area contributed by atoms with Crippen molar-refractivity contribution in [3.05, 3.63) is 64.6 Å². The molecular weight excluding hydrogens is 570 g/mol. The van der Waals surface area contributed by atoms with Crippen LogP contribution in [0.15, 0.2) is 36.5 Å². The van der Waals surface area contributed by atoms with Gasteiger partial charge < -0.3 is 19.6 Å². The zero-order valence-corrected chi connectivity index (χ0v) is 27.7. The van der Waals surface area contributed by atoms with E-state index in [1.165, 1.54) is 11.1 Å². The Labute approximate surface area is 264 Å². The van der Waals surface area contributed by atoms with E-state index in [4.69, 9.17) is 14.7 Å². The van der Waals surface area contributed by atoms with Crippen LogP contribution in [0.25, 0.3) is 21.5 Å². The van der Waals surface area contributed by atoms with E-state index in [0.29, 0.717) is 11.3 Å². The van der Waals surface area contributed by atoms with Crippen LogP contribution in [-0.2, 0) is 22.5 Å². The van der Waals surface area contributed by atoms with E-state index in [2.05, 4.69) is 46.8 Å². The van der Waals surface area contributed by atoms with E-state index in [1.54, 1.807) is 11.3 Å². The molecule has 2 aliphatic heterocycles. The maximum absolute atomic E-state index is 12.8. The topological polar surface area (TPSA) is 91.7 Å². The van der Waals surface area contributed by atoms with Crippen molar-refractivity contribution in [2.75, 3.05) is 29.4 Å². The predicted molar refractivity (Wildman–Crippen MR) is 178 cm³/mol. The number of aryl methyl sites for hydroxylation is 2. The van der Waals surface area contributed by atoms with Gasteiger partial charge >= 0.3 is 5.97 Å². The number of nitrogens with zero attached hydrogens (tertiary/aromatic N) is 5. The number of carboxylic acid groups (broad SMARTS) is 1. The molecule has 4 aromatic rings. The number of pyridine rings is 2. The molecule has 2 aliphatic rings. The van der Waals surface area contributed by atoms with Gasteiger partial charge in [0.25, 0.3) is 0 Å². The average molecular weight is 614 g/mol. The van der Waals surface area contributed by atoms with Crippen molar-refractivity contribution < 1.29 is 14.6 Å². The lowest BCUT2D eigenvalue weighted by molar-refractivity contribution is -0.160. The lowest BCUT2D eigenvalue weighted by Gasteiger charge is -2.41. The molecule has 0 aliphatic carbocycles. The lowest BCUT2D eigenvalue weighted by atomic mass is 9.81. The summed E-state index contributed by atoms with van der Waals surface area (Å²) < 4.78 is 6.25. The highest BCUT2D eigenvalue weighted by molar-refractivity contribution is 7.21. The smallest absolute Gasteiger partial charge is 0.337 e. The molecule has 232 valence electrons. The third-order valence-corrected chi connectivity index (χ3v) is 9.94. The molecule has 6 rings (SSSR count). The van der Waals surface area contributed by atoms with E-state index in [-0.39, 0.29) is 5.41 Å². The number of fused-ring (bicyclic) bond motifs is 2. The number of anilines is 2. The van der Waals surface area contributed by atoms with Crippen LogP contribution in [0.2, 0.25) is 0 Å². The highest BCUT2D eigenvalue weighted by atomic mass is 32.1. The first kappa shape index (κ1) is 30.5. The molecule has 5 heterocycles. The number of benzene rings is 1. The number of carbonyl (C=O) groups is 1. The van der Waals surface area contributed by atoms with E-state index in [1.807, 2.05) is 52.9 Å². The Morgan fingerprint density at radius 1 is 1.02 bits per heavy atom. The quantitative estimate of drug-likeness (QED) is 0.239. The van der Waals surface area contributed by atoms with Gasteiger partial charge in [-0.1, -0.05) is 43.4 Å². The normalized spacial score (nSPS) is 17.5. The highest BCUT2D eigenvalue weighted by Crippen LogP contribution is 2.45. The number of piperidine rings is 1. The molecular formula is C35H43N5O3S. The van der Waals surface area contributed by atoms with Crippen LogP contribution in [0, 0.1) is 19.3 Å². The Morgan fingerprint density at radius 3 is 2.45 bits per heavy atom. The Hall–Kier alpha value is -3.56. The number of thiazole rings is 1. The molecule has 0 unspecified atom stereocenters. The van der Waals surface area contributed by atoms with Crippen molar-refractivity contribution in [2.24, 2.45) is 5.41 Å². The second-order valence-corrected chi connectivity index (χ2v) is 15.0. The summed E-state index contributed by atoms with van der Waals surface area (Å²) >= 11 is 1.64. The summed E-state index contributed by atoms with van der Waals surface area (Å²) in [5, 5.41) is 11.5. The van der Waals surface area contributed by atoms with Crippen molar-refractivity contribution in [3.8, 4) is 11.1 Å². The van der Waals surface area contributed by atoms with Crippen molar-refractivity contribution in [1.29, 1.82) is 0 Å². The van der Waals surface area contributed by atoms with Gasteiger partial charge in [0.2, 0.25) is 0 Å². The minimum Gasteiger partial charge on any atom is -0.479 e.